The van der Waals surface area contributed by atoms with Crippen molar-refractivity contribution in [3.05, 3.63) is 58.3 Å². The monoisotopic (exact) mass is 440 g/mol. The zero-order valence-corrected chi connectivity index (χ0v) is 17.8. The fourth-order valence-electron chi connectivity index (χ4n) is 3.92. The van der Waals surface area contributed by atoms with E-state index >= 15 is 0 Å². The van der Waals surface area contributed by atoms with Gasteiger partial charge in [-0.15, -0.1) is 11.3 Å². The summed E-state index contributed by atoms with van der Waals surface area (Å²) in [4.78, 5) is 54.9. The standard InChI is InChI=1S/C22H24N4O4S/c27-19-16(8-4-10-23-19)24-20(28)17-14-25(21(29)15-6-2-1-3-7-15)11-12-26(17)22(30)18-9-5-13-31-18/h1-3,5-7,9,13,16-17H,4,8,10-12,14H2,(H,23,27)(H,24,28)/t16-,17+/m0/s1. The third-order valence-corrected chi connectivity index (χ3v) is 6.44. The number of benzene rings is 1. The highest BCUT2D eigenvalue weighted by atomic mass is 32.1. The molecule has 2 aliphatic heterocycles. The molecule has 0 unspecified atom stereocenters. The summed E-state index contributed by atoms with van der Waals surface area (Å²) < 4.78 is 0. The first-order chi connectivity index (χ1) is 15.0. The lowest BCUT2D eigenvalue weighted by Crippen LogP contribution is -2.63. The van der Waals surface area contributed by atoms with Gasteiger partial charge in [-0.1, -0.05) is 24.3 Å². The second kappa shape index (κ2) is 9.30. The minimum absolute atomic E-state index is 0.0744. The molecule has 4 amide bonds. The first kappa shape index (κ1) is 21.0. The minimum Gasteiger partial charge on any atom is -0.354 e. The first-order valence-electron chi connectivity index (χ1n) is 10.3. The SMILES string of the molecule is O=C1NCCC[C@@H]1NC(=O)[C@H]1CN(C(=O)c2ccccc2)CCN1C(=O)c1cccs1. The average Bonchev–Trinajstić information content (AvgIpc) is 3.35. The van der Waals surface area contributed by atoms with E-state index in [0.29, 0.717) is 30.0 Å². The van der Waals surface area contributed by atoms with Crippen LogP contribution >= 0.6 is 11.3 Å². The maximum Gasteiger partial charge on any atom is 0.264 e. The molecule has 8 nitrogen and oxygen atoms in total. The molecule has 0 aliphatic carbocycles. The Morgan fingerprint density at radius 1 is 1.03 bits per heavy atom. The van der Waals surface area contributed by atoms with Crippen molar-refractivity contribution in [2.45, 2.75) is 24.9 Å². The number of thiophene rings is 1. The second-order valence-electron chi connectivity index (χ2n) is 7.60. The number of nitrogens with zero attached hydrogens (tertiary/aromatic N) is 2. The number of amides is 4. The summed E-state index contributed by atoms with van der Waals surface area (Å²) in [5, 5.41) is 7.35. The van der Waals surface area contributed by atoms with Crippen LogP contribution in [0.2, 0.25) is 0 Å². The van der Waals surface area contributed by atoms with Gasteiger partial charge in [0.1, 0.15) is 12.1 Å². The molecule has 2 N–H and O–H groups in total. The number of hydrogen-bond acceptors (Lipinski definition) is 5. The molecule has 0 bridgehead atoms. The van der Waals surface area contributed by atoms with E-state index in [4.69, 9.17) is 0 Å². The lowest BCUT2D eigenvalue weighted by atomic mass is 10.0. The van der Waals surface area contributed by atoms with Crippen LogP contribution < -0.4 is 10.6 Å². The Bertz CT molecular complexity index is 963. The molecule has 2 aromatic rings. The van der Waals surface area contributed by atoms with Crippen molar-refractivity contribution in [3.63, 3.8) is 0 Å². The normalized spacial score (nSPS) is 21.4. The van der Waals surface area contributed by atoms with E-state index in [-0.39, 0.29) is 30.8 Å². The summed E-state index contributed by atoms with van der Waals surface area (Å²) in [5.74, 6) is -1.06. The van der Waals surface area contributed by atoms with E-state index in [1.165, 1.54) is 16.2 Å². The van der Waals surface area contributed by atoms with Gasteiger partial charge in [0.2, 0.25) is 11.8 Å². The van der Waals surface area contributed by atoms with Crippen molar-refractivity contribution in [1.29, 1.82) is 0 Å². The molecule has 3 heterocycles. The Balaban J connectivity index is 1.54. The van der Waals surface area contributed by atoms with Crippen LogP contribution in [0.4, 0.5) is 0 Å². The van der Waals surface area contributed by atoms with Gasteiger partial charge in [0, 0.05) is 25.2 Å². The van der Waals surface area contributed by atoms with Gasteiger partial charge in [0.25, 0.3) is 11.8 Å². The number of hydrogen-bond donors (Lipinski definition) is 2. The highest BCUT2D eigenvalue weighted by molar-refractivity contribution is 7.12. The Hall–Kier alpha value is -3.20. The van der Waals surface area contributed by atoms with Crippen LogP contribution in [-0.2, 0) is 9.59 Å². The Kier molecular flexibility index (Phi) is 6.31. The van der Waals surface area contributed by atoms with E-state index in [9.17, 15) is 19.2 Å². The molecular weight excluding hydrogens is 416 g/mol. The summed E-state index contributed by atoms with van der Waals surface area (Å²) >= 11 is 1.31. The van der Waals surface area contributed by atoms with Crippen LogP contribution in [-0.4, -0.2) is 71.7 Å². The molecule has 0 saturated carbocycles. The van der Waals surface area contributed by atoms with Gasteiger partial charge in [-0.3, -0.25) is 19.2 Å². The zero-order valence-electron chi connectivity index (χ0n) is 17.0. The first-order valence-corrected chi connectivity index (χ1v) is 11.2. The molecule has 2 fully saturated rings. The largest absolute Gasteiger partial charge is 0.354 e. The van der Waals surface area contributed by atoms with Crippen molar-refractivity contribution < 1.29 is 19.2 Å². The summed E-state index contributed by atoms with van der Waals surface area (Å²) in [7, 11) is 0. The van der Waals surface area contributed by atoms with Crippen molar-refractivity contribution in [2.24, 2.45) is 0 Å². The molecule has 2 saturated heterocycles. The molecular formula is C22H24N4O4S. The van der Waals surface area contributed by atoms with Gasteiger partial charge >= 0.3 is 0 Å². The molecule has 9 heteroatoms. The summed E-state index contributed by atoms with van der Waals surface area (Å²) in [6.07, 6.45) is 1.33. The van der Waals surface area contributed by atoms with Crippen LogP contribution in [0.25, 0.3) is 0 Å². The van der Waals surface area contributed by atoms with Crippen LogP contribution in [0.15, 0.2) is 47.8 Å². The molecule has 1 aromatic carbocycles. The number of piperazine rings is 1. The number of carbonyl (C=O) groups excluding carboxylic acids is 4. The molecule has 0 spiro atoms. The summed E-state index contributed by atoms with van der Waals surface area (Å²) in [5.41, 5.74) is 0.534. The topological polar surface area (TPSA) is 98.8 Å². The van der Waals surface area contributed by atoms with Crippen molar-refractivity contribution in [1.82, 2.24) is 20.4 Å². The summed E-state index contributed by atoms with van der Waals surface area (Å²) in [6, 6.07) is 10.9. The number of carbonyl (C=O) groups is 4. The van der Waals surface area contributed by atoms with Gasteiger partial charge in [0.15, 0.2) is 0 Å². The van der Waals surface area contributed by atoms with Crippen LogP contribution in [0.3, 0.4) is 0 Å². The van der Waals surface area contributed by atoms with Crippen molar-refractivity contribution in [2.75, 3.05) is 26.2 Å². The molecule has 0 radical (unpaired) electrons. The smallest absolute Gasteiger partial charge is 0.264 e. The van der Waals surface area contributed by atoms with E-state index < -0.39 is 18.0 Å². The Labute approximate surface area is 184 Å². The van der Waals surface area contributed by atoms with Crippen LogP contribution in [0.1, 0.15) is 32.9 Å². The third-order valence-electron chi connectivity index (χ3n) is 5.59. The van der Waals surface area contributed by atoms with Gasteiger partial charge < -0.3 is 20.4 Å². The van der Waals surface area contributed by atoms with Gasteiger partial charge in [0.05, 0.1) is 11.4 Å². The van der Waals surface area contributed by atoms with E-state index in [1.54, 1.807) is 41.3 Å². The highest BCUT2D eigenvalue weighted by Crippen LogP contribution is 2.20. The molecule has 1 aromatic heterocycles. The van der Waals surface area contributed by atoms with E-state index in [0.717, 1.165) is 6.42 Å². The molecule has 2 atom stereocenters. The predicted octanol–water partition coefficient (Wildman–Crippen LogP) is 1.11. The van der Waals surface area contributed by atoms with Crippen LogP contribution in [0.5, 0.6) is 0 Å². The third kappa shape index (κ3) is 4.61. The fourth-order valence-corrected chi connectivity index (χ4v) is 4.60. The molecule has 4 rings (SSSR count). The number of nitrogens with one attached hydrogen (secondary N) is 2. The Morgan fingerprint density at radius 2 is 1.84 bits per heavy atom. The predicted molar refractivity (Wildman–Crippen MR) is 116 cm³/mol. The van der Waals surface area contributed by atoms with Gasteiger partial charge in [-0.25, -0.2) is 0 Å². The van der Waals surface area contributed by atoms with E-state index in [2.05, 4.69) is 10.6 Å². The zero-order chi connectivity index (χ0) is 21.8. The van der Waals surface area contributed by atoms with Crippen molar-refractivity contribution in [3.8, 4) is 0 Å². The van der Waals surface area contributed by atoms with Gasteiger partial charge in [-0.05, 0) is 36.4 Å². The Morgan fingerprint density at radius 3 is 2.55 bits per heavy atom. The number of rotatable bonds is 4. The van der Waals surface area contributed by atoms with Crippen LogP contribution in [0, 0.1) is 0 Å². The second-order valence-corrected chi connectivity index (χ2v) is 8.55. The quantitative estimate of drug-likeness (QED) is 0.744. The fraction of sp³-hybridized carbons (Fsp3) is 0.364. The molecule has 162 valence electrons. The minimum atomic E-state index is -0.870. The highest BCUT2D eigenvalue weighted by Gasteiger charge is 2.39. The molecule has 31 heavy (non-hydrogen) atoms. The average molecular weight is 441 g/mol. The van der Waals surface area contributed by atoms with Crippen molar-refractivity contribution >= 4 is 35.0 Å². The maximum atomic E-state index is 13.2. The number of piperidine rings is 1. The lowest BCUT2D eigenvalue weighted by molar-refractivity contribution is -0.133. The lowest BCUT2D eigenvalue weighted by Gasteiger charge is -2.41. The van der Waals surface area contributed by atoms with E-state index in [1.807, 2.05) is 11.4 Å². The maximum absolute atomic E-state index is 13.2. The van der Waals surface area contributed by atoms with Gasteiger partial charge in [-0.2, -0.15) is 0 Å². The molecule has 2 aliphatic rings. The summed E-state index contributed by atoms with van der Waals surface area (Å²) in [6.45, 7) is 1.24.